The van der Waals surface area contributed by atoms with Crippen molar-refractivity contribution in [3.63, 3.8) is 0 Å². The highest BCUT2D eigenvalue weighted by Crippen LogP contribution is 2.21. The fourth-order valence-corrected chi connectivity index (χ4v) is 2.62. The number of aryl methyl sites for hydroxylation is 1. The third kappa shape index (κ3) is 6.60. The van der Waals surface area contributed by atoms with Crippen molar-refractivity contribution in [1.29, 1.82) is 0 Å². The molecule has 0 saturated heterocycles. The largest absolute Gasteiger partial charge is 0.444 e. The van der Waals surface area contributed by atoms with Gasteiger partial charge in [-0.15, -0.1) is 0 Å². The quantitative estimate of drug-likeness (QED) is 0.829. The number of rotatable bonds is 5. The van der Waals surface area contributed by atoms with Crippen LogP contribution in [0.15, 0.2) is 36.4 Å². The second kappa shape index (κ2) is 8.43. The van der Waals surface area contributed by atoms with Crippen molar-refractivity contribution in [2.45, 2.75) is 51.9 Å². The van der Waals surface area contributed by atoms with Gasteiger partial charge in [0, 0.05) is 11.8 Å². The SMILES string of the molecule is Cc1cccc(C(O)[C@H](Cc2cc(F)cc(F)c2)NC(=O)OC(C)(C)C)n1. The summed E-state index contributed by atoms with van der Waals surface area (Å²) < 4.78 is 32.3. The van der Waals surface area contributed by atoms with E-state index in [1.807, 2.05) is 0 Å². The van der Waals surface area contributed by atoms with Crippen LogP contribution in [0, 0.1) is 18.6 Å². The molecule has 5 nitrogen and oxygen atoms in total. The zero-order chi connectivity index (χ0) is 20.2. The highest BCUT2D eigenvalue weighted by molar-refractivity contribution is 5.68. The Bertz CT molecular complexity index is 786. The molecule has 27 heavy (non-hydrogen) atoms. The number of nitrogens with one attached hydrogen (secondary N) is 1. The van der Waals surface area contributed by atoms with E-state index in [0.29, 0.717) is 17.0 Å². The third-order valence-electron chi connectivity index (χ3n) is 3.67. The van der Waals surface area contributed by atoms with Gasteiger partial charge in [0.05, 0.1) is 11.7 Å². The van der Waals surface area contributed by atoms with Crippen LogP contribution in [-0.4, -0.2) is 27.8 Å². The van der Waals surface area contributed by atoms with Crippen LogP contribution in [0.2, 0.25) is 0 Å². The fourth-order valence-electron chi connectivity index (χ4n) is 2.62. The summed E-state index contributed by atoms with van der Waals surface area (Å²) in [7, 11) is 0. The molecular weight excluding hydrogens is 354 g/mol. The van der Waals surface area contributed by atoms with Crippen LogP contribution in [0.1, 0.15) is 43.8 Å². The van der Waals surface area contributed by atoms with Crippen LogP contribution in [0.4, 0.5) is 13.6 Å². The Balaban J connectivity index is 2.28. The fraction of sp³-hybridized carbons (Fsp3) is 0.400. The van der Waals surface area contributed by atoms with Gasteiger partial charge in [-0.2, -0.15) is 0 Å². The number of alkyl carbamates (subject to hydrolysis) is 1. The molecule has 0 spiro atoms. The number of pyridine rings is 1. The van der Waals surface area contributed by atoms with E-state index in [-0.39, 0.29) is 6.42 Å². The Labute approximate surface area is 157 Å². The number of hydrogen-bond donors (Lipinski definition) is 2. The number of hydrogen-bond acceptors (Lipinski definition) is 4. The molecule has 1 unspecified atom stereocenters. The van der Waals surface area contributed by atoms with Crippen molar-refractivity contribution >= 4 is 6.09 Å². The van der Waals surface area contributed by atoms with E-state index < -0.39 is 35.5 Å². The van der Waals surface area contributed by atoms with Crippen molar-refractivity contribution in [2.24, 2.45) is 0 Å². The number of aromatic nitrogens is 1. The van der Waals surface area contributed by atoms with Crippen LogP contribution < -0.4 is 5.32 Å². The molecule has 2 aromatic rings. The maximum atomic E-state index is 13.5. The second-order valence-electron chi connectivity index (χ2n) is 7.38. The van der Waals surface area contributed by atoms with E-state index in [1.54, 1.807) is 45.9 Å². The van der Waals surface area contributed by atoms with E-state index >= 15 is 0 Å². The number of nitrogens with zero attached hydrogens (tertiary/aromatic N) is 1. The summed E-state index contributed by atoms with van der Waals surface area (Å²) >= 11 is 0. The van der Waals surface area contributed by atoms with Crippen LogP contribution in [0.25, 0.3) is 0 Å². The van der Waals surface area contributed by atoms with Crippen molar-refractivity contribution in [2.75, 3.05) is 0 Å². The van der Waals surface area contributed by atoms with Crippen LogP contribution in [0.3, 0.4) is 0 Å². The van der Waals surface area contributed by atoms with Gasteiger partial charge in [-0.25, -0.2) is 13.6 Å². The van der Waals surface area contributed by atoms with Gasteiger partial charge in [0.2, 0.25) is 0 Å². The summed E-state index contributed by atoms with van der Waals surface area (Å²) in [6, 6.07) is 7.30. The molecule has 1 heterocycles. The van der Waals surface area contributed by atoms with Crippen LogP contribution in [-0.2, 0) is 11.2 Å². The predicted molar refractivity (Wildman–Crippen MR) is 97.2 cm³/mol. The molecule has 0 saturated carbocycles. The molecule has 1 aromatic heterocycles. The Kier molecular flexibility index (Phi) is 6.49. The highest BCUT2D eigenvalue weighted by Gasteiger charge is 2.27. The zero-order valence-corrected chi connectivity index (χ0v) is 15.8. The molecule has 0 bridgehead atoms. The van der Waals surface area contributed by atoms with Gasteiger partial charge in [-0.05, 0) is 63.9 Å². The second-order valence-corrected chi connectivity index (χ2v) is 7.38. The molecule has 7 heteroatoms. The summed E-state index contributed by atoms with van der Waals surface area (Å²) in [6.07, 6.45) is -1.94. The lowest BCUT2D eigenvalue weighted by Crippen LogP contribution is -2.43. The first-order valence-electron chi connectivity index (χ1n) is 8.59. The summed E-state index contributed by atoms with van der Waals surface area (Å²) in [5.74, 6) is -1.46. The average molecular weight is 378 g/mol. The average Bonchev–Trinajstić information content (AvgIpc) is 2.50. The number of aliphatic hydroxyl groups excluding tert-OH is 1. The van der Waals surface area contributed by atoms with E-state index in [9.17, 15) is 18.7 Å². The first-order chi connectivity index (χ1) is 12.5. The Morgan fingerprint density at radius 2 is 1.85 bits per heavy atom. The molecule has 0 fully saturated rings. The van der Waals surface area contributed by atoms with Gasteiger partial charge in [0.15, 0.2) is 0 Å². The lowest BCUT2D eigenvalue weighted by molar-refractivity contribution is 0.0417. The molecule has 0 aliphatic carbocycles. The summed E-state index contributed by atoms with van der Waals surface area (Å²) in [5, 5.41) is 13.3. The van der Waals surface area contributed by atoms with E-state index in [4.69, 9.17) is 4.74 Å². The third-order valence-corrected chi connectivity index (χ3v) is 3.67. The lowest BCUT2D eigenvalue weighted by atomic mass is 9.98. The van der Waals surface area contributed by atoms with E-state index in [0.717, 1.165) is 18.2 Å². The minimum Gasteiger partial charge on any atom is -0.444 e. The molecule has 146 valence electrons. The number of aliphatic hydroxyl groups is 1. The van der Waals surface area contributed by atoms with Crippen molar-refractivity contribution < 1.29 is 23.4 Å². The number of amides is 1. The smallest absolute Gasteiger partial charge is 0.407 e. The molecule has 0 aliphatic rings. The Morgan fingerprint density at radius 3 is 2.41 bits per heavy atom. The monoisotopic (exact) mass is 378 g/mol. The molecule has 2 atom stereocenters. The topological polar surface area (TPSA) is 71.5 Å². The molecule has 2 N–H and O–H groups in total. The summed E-state index contributed by atoms with van der Waals surface area (Å²) in [6.45, 7) is 6.90. The molecule has 0 aliphatic heterocycles. The Hall–Kier alpha value is -2.54. The van der Waals surface area contributed by atoms with E-state index in [2.05, 4.69) is 10.3 Å². The van der Waals surface area contributed by atoms with Crippen molar-refractivity contribution in [1.82, 2.24) is 10.3 Å². The minimum atomic E-state index is -1.19. The number of benzene rings is 1. The van der Waals surface area contributed by atoms with Gasteiger partial charge >= 0.3 is 6.09 Å². The number of carbonyl (C=O) groups is 1. The molecule has 0 radical (unpaired) electrons. The standard InChI is InChI=1S/C20H24F2N2O3/c1-12-6-5-7-16(23-12)18(25)17(24-19(26)27-20(2,3)4)10-13-8-14(21)11-15(22)9-13/h5-9,11,17-18,25H,10H2,1-4H3,(H,24,26)/t17-,18?/m0/s1. The van der Waals surface area contributed by atoms with Crippen molar-refractivity contribution in [3.05, 3.63) is 65.0 Å². The molecule has 1 aromatic carbocycles. The van der Waals surface area contributed by atoms with Gasteiger partial charge in [-0.1, -0.05) is 6.07 Å². The minimum absolute atomic E-state index is 0.00921. The van der Waals surface area contributed by atoms with Crippen LogP contribution >= 0.6 is 0 Å². The molecular formula is C20H24F2N2O3. The first kappa shape index (κ1) is 20.8. The van der Waals surface area contributed by atoms with Crippen molar-refractivity contribution in [3.8, 4) is 0 Å². The number of halogens is 2. The summed E-state index contributed by atoms with van der Waals surface area (Å²) in [4.78, 5) is 16.4. The first-order valence-corrected chi connectivity index (χ1v) is 8.59. The van der Waals surface area contributed by atoms with E-state index in [1.165, 1.54) is 0 Å². The summed E-state index contributed by atoms with van der Waals surface area (Å²) in [5.41, 5.74) is 0.596. The Morgan fingerprint density at radius 1 is 1.22 bits per heavy atom. The van der Waals surface area contributed by atoms with Gasteiger partial charge in [-0.3, -0.25) is 4.98 Å². The normalized spacial score (nSPS) is 13.7. The zero-order valence-electron chi connectivity index (χ0n) is 15.8. The number of ether oxygens (including phenoxy) is 1. The highest BCUT2D eigenvalue weighted by atomic mass is 19.1. The maximum Gasteiger partial charge on any atom is 0.407 e. The molecule has 2 rings (SSSR count). The predicted octanol–water partition coefficient (Wildman–Crippen LogP) is 3.84. The maximum absolute atomic E-state index is 13.5. The van der Waals surface area contributed by atoms with Crippen LogP contribution in [0.5, 0.6) is 0 Å². The van der Waals surface area contributed by atoms with Gasteiger partial charge in [0.1, 0.15) is 23.3 Å². The van der Waals surface area contributed by atoms with Gasteiger partial charge in [0.25, 0.3) is 0 Å². The number of carbonyl (C=O) groups excluding carboxylic acids is 1. The molecule has 1 amide bonds. The van der Waals surface area contributed by atoms with Gasteiger partial charge < -0.3 is 15.2 Å². The lowest BCUT2D eigenvalue weighted by Gasteiger charge is -2.26.